The molecule has 4 rings (SSSR count). The summed E-state index contributed by atoms with van der Waals surface area (Å²) in [6.45, 7) is 7.67. The van der Waals surface area contributed by atoms with Gasteiger partial charge in [-0.05, 0) is 43.9 Å². The summed E-state index contributed by atoms with van der Waals surface area (Å²) in [7, 11) is 0. The SMILES string of the molecule is CCCCOc1ccccc1C1CC2C(=O)N(Cc3cc(C)ccc3C)C=CN2N1. The molecule has 2 aromatic carbocycles. The number of carbonyl (C=O) groups excluding carboxylic acids is 1. The van der Waals surface area contributed by atoms with Crippen LogP contribution in [0.4, 0.5) is 0 Å². The smallest absolute Gasteiger partial charge is 0.251 e. The summed E-state index contributed by atoms with van der Waals surface area (Å²) >= 11 is 0. The van der Waals surface area contributed by atoms with Crippen LogP contribution in [0.5, 0.6) is 5.75 Å². The number of amides is 1. The van der Waals surface area contributed by atoms with Crippen molar-refractivity contribution in [2.75, 3.05) is 6.61 Å². The molecule has 2 aliphatic heterocycles. The Bertz CT molecular complexity index is 940. The highest BCUT2D eigenvalue weighted by atomic mass is 16.5. The van der Waals surface area contributed by atoms with Gasteiger partial charge in [-0.2, -0.15) is 0 Å². The highest BCUT2D eigenvalue weighted by Gasteiger charge is 2.40. The minimum Gasteiger partial charge on any atom is -0.493 e. The number of hydrogen-bond donors (Lipinski definition) is 1. The number of carbonyl (C=O) groups is 1. The first kappa shape index (κ1) is 20.5. The largest absolute Gasteiger partial charge is 0.493 e. The number of para-hydroxylation sites is 1. The zero-order valence-corrected chi connectivity index (χ0v) is 18.1. The molecule has 1 saturated heterocycles. The summed E-state index contributed by atoms with van der Waals surface area (Å²) < 4.78 is 6.02. The van der Waals surface area contributed by atoms with E-state index in [9.17, 15) is 4.79 Å². The summed E-state index contributed by atoms with van der Waals surface area (Å²) in [4.78, 5) is 15.1. The van der Waals surface area contributed by atoms with Crippen LogP contribution in [-0.2, 0) is 11.3 Å². The molecule has 1 N–H and O–H groups in total. The van der Waals surface area contributed by atoms with E-state index in [0.29, 0.717) is 6.54 Å². The fourth-order valence-electron chi connectivity index (χ4n) is 4.15. The molecule has 1 amide bonds. The van der Waals surface area contributed by atoms with Crippen molar-refractivity contribution in [3.8, 4) is 5.75 Å². The van der Waals surface area contributed by atoms with Gasteiger partial charge in [0, 0.05) is 18.0 Å². The first-order valence-corrected chi connectivity index (χ1v) is 10.9. The lowest BCUT2D eigenvalue weighted by molar-refractivity contribution is -0.134. The van der Waals surface area contributed by atoms with E-state index >= 15 is 0 Å². The summed E-state index contributed by atoms with van der Waals surface area (Å²) in [6.07, 6.45) is 6.74. The number of unbranched alkanes of at least 4 members (excludes halogenated alkanes) is 1. The number of benzene rings is 2. The second-order valence-corrected chi connectivity index (χ2v) is 8.27. The molecule has 30 heavy (non-hydrogen) atoms. The fourth-order valence-corrected chi connectivity index (χ4v) is 4.15. The molecule has 0 spiro atoms. The highest BCUT2D eigenvalue weighted by molar-refractivity contribution is 5.84. The number of fused-ring (bicyclic) bond motifs is 1. The molecule has 0 radical (unpaired) electrons. The normalized spacial score (nSPS) is 20.6. The van der Waals surface area contributed by atoms with Crippen molar-refractivity contribution >= 4 is 5.91 Å². The zero-order chi connectivity index (χ0) is 21.1. The van der Waals surface area contributed by atoms with E-state index in [1.54, 1.807) is 0 Å². The van der Waals surface area contributed by atoms with Gasteiger partial charge in [0.05, 0.1) is 19.2 Å². The van der Waals surface area contributed by atoms with Crippen LogP contribution in [0.2, 0.25) is 0 Å². The number of rotatable bonds is 7. The van der Waals surface area contributed by atoms with Crippen LogP contribution in [0.15, 0.2) is 54.9 Å². The van der Waals surface area contributed by atoms with E-state index in [1.807, 2.05) is 40.5 Å². The third-order valence-corrected chi connectivity index (χ3v) is 5.97. The molecule has 0 aromatic heterocycles. The first-order valence-electron chi connectivity index (χ1n) is 10.9. The van der Waals surface area contributed by atoms with Gasteiger partial charge in [-0.3, -0.25) is 4.79 Å². The average molecular weight is 406 g/mol. The molecule has 1 fully saturated rings. The Morgan fingerprint density at radius 3 is 2.80 bits per heavy atom. The zero-order valence-electron chi connectivity index (χ0n) is 18.1. The number of aryl methyl sites for hydroxylation is 2. The van der Waals surface area contributed by atoms with Gasteiger partial charge in [-0.25, -0.2) is 5.43 Å². The molecule has 2 aromatic rings. The lowest BCUT2D eigenvalue weighted by Gasteiger charge is -2.32. The van der Waals surface area contributed by atoms with E-state index in [4.69, 9.17) is 4.74 Å². The van der Waals surface area contributed by atoms with Crippen molar-refractivity contribution in [1.82, 2.24) is 15.3 Å². The van der Waals surface area contributed by atoms with Crippen molar-refractivity contribution in [1.29, 1.82) is 0 Å². The Morgan fingerprint density at radius 2 is 1.97 bits per heavy atom. The van der Waals surface area contributed by atoms with Crippen LogP contribution in [-0.4, -0.2) is 28.5 Å². The lowest BCUT2D eigenvalue weighted by atomic mass is 9.99. The van der Waals surface area contributed by atoms with E-state index in [-0.39, 0.29) is 18.0 Å². The molecule has 2 atom stereocenters. The van der Waals surface area contributed by atoms with Gasteiger partial charge >= 0.3 is 0 Å². The second kappa shape index (κ2) is 8.92. The van der Waals surface area contributed by atoms with E-state index < -0.39 is 0 Å². The van der Waals surface area contributed by atoms with Crippen LogP contribution in [0, 0.1) is 13.8 Å². The molecule has 0 bridgehead atoms. The number of nitrogens with one attached hydrogen (secondary N) is 1. The summed E-state index contributed by atoms with van der Waals surface area (Å²) in [6, 6.07) is 14.4. The van der Waals surface area contributed by atoms with Gasteiger partial charge in [-0.15, -0.1) is 0 Å². The Labute approximate surface area is 179 Å². The maximum absolute atomic E-state index is 13.2. The van der Waals surface area contributed by atoms with Crippen LogP contribution >= 0.6 is 0 Å². The Balaban J connectivity index is 1.48. The van der Waals surface area contributed by atoms with Crippen molar-refractivity contribution in [2.45, 2.75) is 58.7 Å². The minimum atomic E-state index is -0.200. The second-order valence-electron chi connectivity index (χ2n) is 8.27. The predicted octanol–water partition coefficient (Wildman–Crippen LogP) is 4.62. The van der Waals surface area contributed by atoms with E-state index in [0.717, 1.165) is 37.2 Å². The number of ether oxygens (including phenoxy) is 1. The first-order chi connectivity index (χ1) is 14.6. The molecule has 158 valence electrons. The standard InChI is InChI=1S/C25H31N3O2/c1-4-5-14-30-24-9-7-6-8-21(24)22-16-23-25(29)27(12-13-28(23)26-22)17-20-15-18(2)10-11-19(20)3/h6-13,15,22-23,26H,4-5,14,16-17H2,1-3H3. The highest BCUT2D eigenvalue weighted by Crippen LogP contribution is 2.35. The minimum absolute atomic E-state index is 0.0575. The molecule has 2 aliphatic rings. The molecule has 0 saturated carbocycles. The van der Waals surface area contributed by atoms with Gasteiger partial charge in [-0.1, -0.05) is 55.3 Å². The van der Waals surface area contributed by atoms with Crippen LogP contribution < -0.4 is 10.2 Å². The fraction of sp³-hybridized carbons (Fsp3) is 0.400. The Hall–Kier alpha value is -2.79. The van der Waals surface area contributed by atoms with Crippen molar-refractivity contribution in [2.24, 2.45) is 0 Å². The van der Waals surface area contributed by atoms with Gasteiger partial charge < -0.3 is 14.6 Å². The van der Waals surface area contributed by atoms with Crippen molar-refractivity contribution in [3.63, 3.8) is 0 Å². The lowest BCUT2D eigenvalue weighted by Crippen LogP contribution is -2.47. The van der Waals surface area contributed by atoms with Crippen LogP contribution in [0.25, 0.3) is 0 Å². The van der Waals surface area contributed by atoms with Crippen molar-refractivity contribution < 1.29 is 9.53 Å². The molecule has 2 unspecified atom stereocenters. The molecule has 2 heterocycles. The maximum atomic E-state index is 13.2. The van der Waals surface area contributed by atoms with Gasteiger partial charge in [0.1, 0.15) is 11.8 Å². The third kappa shape index (κ3) is 4.21. The number of hydrazine groups is 1. The number of nitrogens with zero attached hydrogens (tertiary/aromatic N) is 2. The summed E-state index contributed by atoms with van der Waals surface area (Å²) in [5.74, 6) is 1.05. The monoisotopic (exact) mass is 405 g/mol. The van der Waals surface area contributed by atoms with Gasteiger partial charge in [0.2, 0.25) is 0 Å². The van der Waals surface area contributed by atoms with Gasteiger partial charge in [0.25, 0.3) is 5.91 Å². The molecule has 0 aliphatic carbocycles. The van der Waals surface area contributed by atoms with Gasteiger partial charge in [0.15, 0.2) is 0 Å². The molecule has 5 heteroatoms. The predicted molar refractivity (Wildman–Crippen MR) is 119 cm³/mol. The third-order valence-electron chi connectivity index (χ3n) is 5.97. The van der Waals surface area contributed by atoms with E-state index in [1.165, 1.54) is 16.7 Å². The summed E-state index contributed by atoms with van der Waals surface area (Å²) in [5.41, 5.74) is 8.23. The number of hydrogen-bond acceptors (Lipinski definition) is 4. The van der Waals surface area contributed by atoms with Crippen LogP contribution in [0.3, 0.4) is 0 Å². The van der Waals surface area contributed by atoms with Crippen molar-refractivity contribution in [3.05, 3.63) is 77.1 Å². The maximum Gasteiger partial charge on any atom is 0.251 e. The Morgan fingerprint density at radius 1 is 1.13 bits per heavy atom. The van der Waals surface area contributed by atoms with E-state index in [2.05, 4.69) is 50.5 Å². The quantitative estimate of drug-likeness (QED) is 0.683. The molecule has 5 nitrogen and oxygen atoms in total. The summed E-state index contributed by atoms with van der Waals surface area (Å²) in [5, 5.41) is 1.95. The average Bonchev–Trinajstić information content (AvgIpc) is 3.18. The molecular formula is C25H31N3O2. The van der Waals surface area contributed by atoms with Crippen LogP contribution in [0.1, 0.15) is 54.5 Å². The topological polar surface area (TPSA) is 44.8 Å². The molecular weight excluding hydrogens is 374 g/mol. The Kier molecular flexibility index (Phi) is 6.09.